The number of nitrogens with two attached hydrogens (primary N) is 1. The Balaban J connectivity index is 2.80. The monoisotopic (exact) mass is 232 g/mol. The molecule has 90 valence electrons. The van der Waals surface area contributed by atoms with E-state index in [2.05, 4.69) is 21.9 Å². The summed E-state index contributed by atoms with van der Waals surface area (Å²) < 4.78 is 4.54. The maximum atomic E-state index is 11.1. The number of hydrogen-bond donors (Lipinski definition) is 2. The van der Waals surface area contributed by atoms with Crippen LogP contribution in [0.15, 0.2) is 24.3 Å². The van der Waals surface area contributed by atoms with Crippen LogP contribution in [0.1, 0.15) is 24.1 Å². The van der Waals surface area contributed by atoms with Crippen LogP contribution in [-0.2, 0) is 4.74 Å². The van der Waals surface area contributed by atoms with Gasteiger partial charge in [0.2, 0.25) is 0 Å². The molecule has 1 amide bonds. The first-order valence-electron chi connectivity index (χ1n) is 5.30. The van der Waals surface area contributed by atoms with Gasteiger partial charge < -0.3 is 15.8 Å². The van der Waals surface area contributed by atoms with Gasteiger partial charge in [-0.3, -0.25) is 0 Å². The zero-order valence-electron chi connectivity index (χ0n) is 9.99. The fourth-order valence-electron chi connectivity index (χ4n) is 1.36. The van der Waals surface area contributed by atoms with E-state index in [4.69, 9.17) is 5.73 Å². The largest absolute Gasteiger partial charge is 0.453 e. The Morgan fingerprint density at radius 3 is 3.00 bits per heavy atom. The minimum atomic E-state index is -0.448. The third-order valence-corrected chi connectivity index (χ3v) is 2.24. The molecule has 0 saturated heterocycles. The maximum Gasteiger partial charge on any atom is 0.407 e. The van der Waals surface area contributed by atoms with Gasteiger partial charge in [-0.2, -0.15) is 0 Å². The van der Waals surface area contributed by atoms with Crippen LogP contribution in [-0.4, -0.2) is 19.7 Å². The van der Waals surface area contributed by atoms with Gasteiger partial charge in [0, 0.05) is 5.56 Å². The molecule has 0 aliphatic carbocycles. The first-order chi connectivity index (χ1) is 8.17. The standard InChI is InChI=1S/C13H16N2O2/c1-10(15-13(16)17-2)12-7-3-5-11(9-12)6-4-8-14/h3,5,7,9-10H,8,14H2,1-2H3,(H,15,16). The van der Waals surface area contributed by atoms with Crippen molar-refractivity contribution in [3.8, 4) is 11.8 Å². The molecule has 0 fully saturated rings. The summed E-state index contributed by atoms with van der Waals surface area (Å²) in [5, 5.41) is 2.70. The number of benzene rings is 1. The number of carbonyl (C=O) groups excluding carboxylic acids is 1. The van der Waals surface area contributed by atoms with Crippen molar-refractivity contribution in [2.45, 2.75) is 13.0 Å². The summed E-state index contributed by atoms with van der Waals surface area (Å²) in [5.41, 5.74) is 7.16. The van der Waals surface area contributed by atoms with Crippen LogP contribution < -0.4 is 11.1 Å². The van der Waals surface area contributed by atoms with Crippen molar-refractivity contribution in [1.29, 1.82) is 0 Å². The Morgan fingerprint density at radius 1 is 1.59 bits per heavy atom. The lowest BCUT2D eigenvalue weighted by atomic mass is 10.1. The topological polar surface area (TPSA) is 64.3 Å². The highest BCUT2D eigenvalue weighted by Crippen LogP contribution is 2.13. The van der Waals surface area contributed by atoms with Crippen molar-refractivity contribution in [3.05, 3.63) is 35.4 Å². The fraction of sp³-hybridized carbons (Fsp3) is 0.308. The third kappa shape index (κ3) is 4.17. The van der Waals surface area contributed by atoms with E-state index < -0.39 is 6.09 Å². The second-order valence-corrected chi connectivity index (χ2v) is 3.49. The van der Waals surface area contributed by atoms with E-state index in [0.29, 0.717) is 6.54 Å². The second-order valence-electron chi connectivity index (χ2n) is 3.49. The lowest BCUT2D eigenvalue weighted by Gasteiger charge is -2.13. The van der Waals surface area contributed by atoms with Gasteiger partial charge in [0.1, 0.15) is 0 Å². The zero-order valence-corrected chi connectivity index (χ0v) is 9.99. The third-order valence-electron chi connectivity index (χ3n) is 2.24. The van der Waals surface area contributed by atoms with E-state index in [1.807, 2.05) is 31.2 Å². The Hall–Kier alpha value is -1.99. The van der Waals surface area contributed by atoms with Gasteiger partial charge in [-0.15, -0.1) is 0 Å². The first-order valence-corrected chi connectivity index (χ1v) is 5.30. The van der Waals surface area contributed by atoms with E-state index in [9.17, 15) is 4.79 Å². The molecule has 0 radical (unpaired) electrons. The maximum absolute atomic E-state index is 11.1. The van der Waals surface area contributed by atoms with E-state index >= 15 is 0 Å². The van der Waals surface area contributed by atoms with Crippen LogP contribution in [0, 0.1) is 11.8 Å². The smallest absolute Gasteiger partial charge is 0.407 e. The van der Waals surface area contributed by atoms with E-state index in [1.54, 1.807) is 0 Å². The van der Waals surface area contributed by atoms with E-state index in [-0.39, 0.29) is 6.04 Å². The Morgan fingerprint density at radius 2 is 2.35 bits per heavy atom. The minimum absolute atomic E-state index is 0.123. The fourth-order valence-corrected chi connectivity index (χ4v) is 1.36. The number of amides is 1. The molecule has 0 aliphatic heterocycles. The molecule has 0 aliphatic rings. The number of nitrogens with one attached hydrogen (secondary N) is 1. The van der Waals surface area contributed by atoms with Crippen molar-refractivity contribution in [2.24, 2.45) is 5.73 Å². The van der Waals surface area contributed by atoms with E-state index in [1.165, 1.54) is 7.11 Å². The molecule has 1 aromatic carbocycles. The Bertz CT molecular complexity index is 446. The normalized spacial score (nSPS) is 11.0. The quantitative estimate of drug-likeness (QED) is 0.758. The average Bonchev–Trinajstić information content (AvgIpc) is 2.36. The number of ether oxygens (including phenoxy) is 1. The van der Waals surface area contributed by atoms with Gasteiger partial charge in [0.15, 0.2) is 0 Å². The van der Waals surface area contributed by atoms with Gasteiger partial charge >= 0.3 is 6.09 Å². The summed E-state index contributed by atoms with van der Waals surface area (Å²) in [4.78, 5) is 11.1. The summed E-state index contributed by atoms with van der Waals surface area (Å²) in [6.45, 7) is 2.21. The molecule has 3 N–H and O–H groups in total. The Kier molecular flexibility index (Phi) is 5.05. The lowest BCUT2D eigenvalue weighted by Crippen LogP contribution is -2.26. The number of alkyl carbamates (subject to hydrolysis) is 1. The molecule has 0 spiro atoms. The van der Waals surface area contributed by atoms with Crippen molar-refractivity contribution < 1.29 is 9.53 Å². The van der Waals surface area contributed by atoms with Crippen LogP contribution >= 0.6 is 0 Å². The average molecular weight is 232 g/mol. The van der Waals surface area contributed by atoms with Gasteiger partial charge in [-0.05, 0) is 24.6 Å². The van der Waals surface area contributed by atoms with Gasteiger partial charge in [0.25, 0.3) is 0 Å². The summed E-state index contributed by atoms with van der Waals surface area (Å²) in [7, 11) is 1.34. The molecule has 0 heterocycles. The second kappa shape index (κ2) is 6.56. The molecule has 4 nitrogen and oxygen atoms in total. The van der Waals surface area contributed by atoms with Gasteiger partial charge in [-0.1, -0.05) is 24.0 Å². The highest BCUT2D eigenvalue weighted by Gasteiger charge is 2.08. The van der Waals surface area contributed by atoms with Crippen LogP contribution in [0.5, 0.6) is 0 Å². The molecule has 4 heteroatoms. The predicted octanol–water partition coefficient (Wildman–Crippen LogP) is 1.41. The number of carbonyl (C=O) groups is 1. The molecular weight excluding hydrogens is 216 g/mol. The molecular formula is C13H16N2O2. The van der Waals surface area contributed by atoms with Gasteiger partial charge in [0.05, 0.1) is 19.7 Å². The van der Waals surface area contributed by atoms with Crippen LogP contribution in [0.25, 0.3) is 0 Å². The molecule has 1 atom stereocenters. The van der Waals surface area contributed by atoms with Crippen LogP contribution in [0.3, 0.4) is 0 Å². The van der Waals surface area contributed by atoms with Crippen molar-refractivity contribution in [3.63, 3.8) is 0 Å². The highest BCUT2D eigenvalue weighted by atomic mass is 16.5. The number of rotatable bonds is 2. The molecule has 1 rings (SSSR count). The lowest BCUT2D eigenvalue weighted by molar-refractivity contribution is 0.167. The molecule has 0 bridgehead atoms. The van der Waals surface area contributed by atoms with Crippen LogP contribution in [0.2, 0.25) is 0 Å². The van der Waals surface area contributed by atoms with Crippen molar-refractivity contribution in [2.75, 3.05) is 13.7 Å². The predicted molar refractivity (Wildman–Crippen MR) is 66.3 cm³/mol. The Labute approximate surface area is 101 Å². The molecule has 0 aromatic heterocycles. The SMILES string of the molecule is COC(=O)NC(C)c1cccc(C#CCN)c1. The molecule has 1 unspecified atom stereocenters. The number of hydrogen-bond acceptors (Lipinski definition) is 3. The minimum Gasteiger partial charge on any atom is -0.453 e. The van der Waals surface area contributed by atoms with Gasteiger partial charge in [-0.25, -0.2) is 4.79 Å². The van der Waals surface area contributed by atoms with Crippen molar-refractivity contribution >= 4 is 6.09 Å². The zero-order chi connectivity index (χ0) is 12.7. The summed E-state index contributed by atoms with van der Waals surface area (Å²) in [5.74, 6) is 5.74. The highest BCUT2D eigenvalue weighted by molar-refractivity contribution is 5.67. The molecule has 0 saturated carbocycles. The number of methoxy groups -OCH3 is 1. The molecule has 1 aromatic rings. The first kappa shape index (κ1) is 13.1. The summed E-state index contributed by atoms with van der Waals surface area (Å²) in [6.07, 6.45) is -0.448. The summed E-state index contributed by atoms with van der Waals surface area (Å²) in [6, 6.07) is 7.52. The van der Waals surface area contributed by atoms with E-state index in [0.717, 1.165) is 11.1 Å². The van der Waals surface area contributed by atoms with Crippen molar-refractivity contribution in [1.82, 2.24) is 5.32 Å². The summed E-state index contributed by atoms with van der Waals surface area (Å²) >= 11 is 0. The molecule has 17 heavy (non-hydrogen) atoms. The van der Waals surface area contributed by atoms with Crippen LogP contribution in [0.4, 0.5) is 4.79 Å².